The van der Waals surface area contributed by atoms with Crippen LogP contribution in [0.5, 0.6) is 0 Å². The summed E-state index contributed by atoms with van der Waals surface area (Å²) in [6.07, 6.45) is 2.03. The smallest absolute Gasteiger partial charge is 0.242 e. The highest BCUT2D eigenvalue weighted by atomic mass is 35.5. The molecule has 7 nitrogen and oxygen atoms in total. The summed E-state index contributed by atoms with van der Waals surface area (Å²) in [5.41, 5.74) is 1.41. The second-order valence-electron chi connectivity index (χ2n) is 7.74. The third-order valence-electron chi connectivity index (χ3n) is 5.20. The molecule has 0 radical (unpaired) electrons. The minimum absolute atomic E-state index is 0.113. The molecule has 0 heterocycles. The SMILES string of the molecule is CCNC(=O)C(CC)N(Cc1ccccc1)C(=O)CCCN(c1ccc(Cl)cc1)S(C)(=O)=O. The lowest BCUT2D eigenvalue weighted by molar-refractivity contribution is -0.141. The number of nitrogens with zero attached hydrogens (tertiary/aromatic N) is 2. The molecule has 2 aromatic rings. The molecule has 0 aromatic heterocycles. The maximum atomic E-state index is 13.2. The van der Waals surface area contributed by atoms with E-state index >= 15 is 0 Å². The van der Waals surface area contributed by atoms with Crippen LogP contribution in [0.4, 0.5) is 5.69 Å². The van der Waals surface area contributed by atoms with Crippen LogP contribution >= 0.6 is 11.6 Å². The highest BCUT2D eigenvalue weighted by molar-refractivity contribution is 7.92. The van der Waals surface area contributed by atoms with Crippen molar-refractivity contribution >= 4 is 39.1 Å². The van der Waals surface area contributed by atoms with Gasteiger partial charge in [-0.2, -0.15) is 0 Å². The van der Waals surface area contributed by atoms with Crippen molar-refractivity contribution in [2.75, 3.05) is 23.7 Å². The van der Waals surface area contributed by atoms with Gasteiger partial charge in [-0.1, -0.05) is 48.9 Å². The number of halogens is 1. The molecule has 180 valence electrons. The van der Waals surface area contributed by atoms with Gasteiger partial charge in [-0.15, -0.1) is 0 Å². The molecule has 0 saturated heterocycles. The zero-order valence-electron chi connectivity index (χ0n) is 19.3. The summed E-state index contributed by atoms with van der Waals surface area (Å²) < 4.78 is 25.9. The molecule has 0 spiro atoms. The molecule has 0 bridgehead atoms. The molecular weight excluding hydrogens is 462 g/mol. The van der Waals surface area contributed by atoms with E-state index in [1.807, 2.05) is 44.2 Å². The van der Waals surface area contributed by atoms with Crippen molar-refractivity contribution in [3.63, 3.8) is 0 Å². The van der Waals surface area contributed by atoms with Crippen molar-refractivity contribution in [2.45, 2.75) is 45.7 Å². The molecule has 9 heteroatoms. The van der Waals surface area contributed by atoms with E-state index in [4.69, 9.17) is 11.6 Å². The minimum atomic E-state index is -3.54. The third kappa shape index (κ3) is 8.05. The van der Waals surface area contributed by atoms with Gasteiger partial charge in [0.25, 0.3) is 0 Å². The van der Waals surface area contributed by atoms with Gasteiger partial charge in [-0.05, 0) is 49.6 Å². The Hall–Kier alpha value is -2.58. The number of amides is 2. The lowest BCUT2D eigenvalue weighted by Crippen LogP contribution is -2.49. The third-order valence-corrected chi connectivity index (χ3v) is 6.65. The molecule has 1 N–H and O–H groups in total. The predicted octanol–water partition coefficient (Wildman–Crippen LogP) is 3.83. The van der Waals surface area contributed by atoms with Crippen molar-refractivity contribution in [2.24, 2.45) is 0 Å². The van der Waals surface area contributed by atoms with Crippen LogP contribution in [0.1, 0.15) is 38.7 Å². The number of hydrogen-bond donors (Lipinski definition) is 1. The van der Waals surface area contributed by atoms with E-state index in [-0.39, 0.29) is 24.8 Å². The fourth-order valence-corrected chi connectivity index (χ4v) is 4.69. The first-order valence-corrected chi connectivity index (χ1v) is 13.2. The molecule has 2 aromatic carbocycles. The van der Waals surface area contributed by atoms with Crippen LogP contribution in [0.15, 0.2) is 54.6 Å². The maximum Gasteiger partial charge on any atom is 0.242 e. The Balaban J connectivity index is 2.16. The highest BCUT2D eigenvalue weighted by Gasteiger charge is 2.28. The van der Waals surface area contributed by atoms with Gasteiger partial charge in [-0.25, -0.2) is 8.42 Å². The van der Waals surface area contributed by atoms with Gasteiger partial charge in [0.1, 0.15) is 6.04 Å². The standard InChI is InChI=1S/C24H32ClN3O4S/c1-4-22(24(30)26-5-2)27(18-19-10-7-6-8-11-19)23(29)12-9-17-28(33(3,31)32)21-15-13-20(25)14-16-21/h6-8,10-11,13-16,22H,4-5,9,12,17-18H2,1-3H3,(H,26,30). The number of likely N-dealkylation sites (N-methyl/N-ethyl adjacent to an activating group) is 1. The molecule has 2 rings (SSSR count). The Morgan fingerprint density at radius 3 is 2.21 bits per heavy atom. The molecule has 0 aliphatic heterocycles. The summed E-state index contributed by atoms with van der Waals surface area (Å²) in [5.74, 6) is -0.385. The van der Waals surface area contributed by atoms with Crippen molar-refractivity contribution in [1.29, 1.82) is 0 Å². The summed E-state index contributed by atoms with van der Waals surface area (Å²) in [7, 11) is -3.54. The van der Waals surface area contributed by atoms with Crippen LogP contribution in [0.2, 0.25) is 5.02 Å². The lowest BCUT2D eigenvalue weighted by atomic mass is 10.1. The van der Waals surface area contributed by atoms with E-state index < -0.39 is 16.1 Å². The number of carbonyl (C=O) groups is 2. The molecule has 0 aliphatic rings. The fraction of sp³-hybridized carbons (Fsp3) is 0.417. The topological polar surface area (TPSA) is 86.8 Å². The van der Waals surface area contributed by atoms with Crippen molar-refractivity contribution in [3.05, 3.63) is 65.2 Å². The quantitative estimate of drug-likeness (QED) is 0.486. The van der Waals surface area contributed by atoms with E-state index in [0.29, 0.717) is 36.6 Å². The number of rotatable bonds is 12. The van der Waals surface area contributed by atoms with Gasteiger partial charge in [0, 0.05) is 31.1 Å². The van der Waals surface area contributed by atoms with Gasteiger partial charge in [0.05, 0.1) is 11.9 Å². The first-order valence-electron chi connectivity index (χ1n) is 11.0. The lowest BCUT2D eigenvalue weighted by Gasteiger charge is -2.31. The van der Waals surface area contributed by atoms with Crippen LogP contribution in [0, 0.1) is 0 Å². The van der Waals surface area contributed by atoms with Crippen LogP contribution in [0.3, 0.4) is 0 Å². The van der Waals surface area contributed by atoms with Crippen molar-refractivity contribution in [3.8, 4) is 0 Å². The van der Waals surface area contributed by atoms with Crippen LogP contribution < -0.4 is 9.62 Å². The predicted molar refractivity (Wildman–Crippen MR) is 133 cm³/mol. The Bertz CT molecular complexity index is 1010. The summed E-state index contributed by atoms with van der Waals surface area (Å²) in [6, 6.07) is 15.4. The zero-order chi connectivity index (χ0) is 24.4. The van der Waals surface area contributed by atoms with Crippen molar-refractivity contribution in [1.82, 2.24) is 10.2 Å². The molecule has 1 atom stereocenters. The van der Waals surface area contributed by atoms with E-state index in [2.05, 4.69) is 5.32 Å². The molecule has 0 saturated carbocycles. The molecular formula is C24H32ClN3O4S. The Kier molecular flexibility index (Phi) is 10.2. The van der Waals surface area contributed by atoms with Gasteiger partial charge in [-0.3, -0.25) is 13.9 Å². The monoisotopic (exact) mass is 493 g/mol. The molecule has 0 fully saturated rings. The number of hydrogen-bond acceptors (Lipinski definition) is 4. The highest BCUT2D eigenvalue weighted by Crippen LogP contribution is 2.21. The van der Waals surface area contributed by atoms with E-state index in [0.717, 1.165) is 11.8 Å². The second kappa shape index (κ2) is 12.6. The molecule has 1 unspecified atom stereocenters. The number of benzene rings is 2. The van der Waals surface area contributed by atoms with Crippen LogP contribution in [-0.4, -0.2) is 50.5 Å². The average Bonchev–Trinajstić information content (AvgIpc) is 2.77. The Morgan fingerprint density at radius 1 is 1.03 bits per heavy atom. The van der Waals surface area contributed by atoms with Crippen molar-refractivity contribution < 1.29 is 18.0 Å². The van der Waals surface area contributed by atoms with Gasteiger partial charge >= 0.3 is 0 Å². The molecule has 2 amide bonds. The summed E-state index contributed by atoms with van der Waals surface area (Å²) in [5, 5.41) is 3.32. The zero-order valence-corrected chi connectivity index (χ0v) is 20.9. The van der Waals surface area contributed by atoms with Crippen LogP contribution in [-0.2, 0) is 26.2 Å². The van der Waals surface area contributed by atoms with E-state index in [1.165, 1.54) is 4.31 Å². The average molecular weight is 494 g/mol. The number of carbonyl (C=O) groups excluding carboxylic acids is 2. The first-order chi connectivity index (χ1) is 15.7. The largest absolute Gasteiger partial charge is 0.355 e. The Morgan fingerprint density at radius 2 is 1.67 bits per heavy atom. The van der Waals surface area contributed by atoms with Gasteiger partial charge < -0.3 is 10.2 Å². The first kappa shape index (κ1) is 26.7. The molecule has 0 aliphatic carbocycles. The normalized spacial score (nSPS) is 12.1. The summed E-state index contributed by atoms with van der Waals surface area (Å²) in [6.45, 7) is 4.64. The van der Waals surface area contributed by atoms with E-state index in [1.54, 1.807) is 29.2 Å². The number of nitrogens with one attached hydrogen (secondary N) is 1. The summed E-state index contributed by atoms with van der Waals surface area (Å²) in [4.78, 5) is 27.5. The summed E-state index contributed by atoms with van der Waals surface area (Å²) >= 11 is 5.92. The number of anilines is 1. The Labute approximate surface area is 201 Å². The molecule has 33 heavy (non-hydrogen) atoms. The van der Waals surface area contributed by atoms with Gasteiger partial charge in [0.2, 0.25) is 21.8 Å². The maximum absolute atomic E-state index is 13.2. The second-order valence-corrected chi connectivity index (χ2v) is 10.1. The fourth-order valence-electron chi connectivity index (χ4n) is 3.60. The van der Waals surface area contributed by atoms with Gasteiger partial charge in [0.15, 0.2) is 0 Å². The van der Waals surface area contributed by atoms with Crippen LogP contribution in [0.25, 0.3) is 0 Å². The number of sulfonamides is 1. The minimum Gasteiger partial charge on any atom is -0.355 e. The van der Waals surface area contributed by atoms with E-state index in [9.17, 15) is 18.0 Å².